The van der Waals surface area contributed by atoms with Crippen LogP contribution in [0.15, 0.2) is 15.9 Å². The molecule has 0 saturated heterocycles. The van der Waals surface area contributed by atoms with Crippen molar-refractivity contribution in [1.82, 2.24) is 10.6 Å². The van der Waals surface area contributed by atoms with Crippen LogP contribution < -0.4 is 10.6 Å². The molecule has 2 amide bonds. The summed E-state index contributed by atoms with van der Waals surface area (Å²) in [7, 11) is 0. The van der Waals surface area contributed by atoms with E-state index >= 15 is 0 Å². The first-order valence-electron chi connectivity index (χ1n) is 5.49. The Hall–Kier alpha value is -0.920. The summed E-state index contributed by atoms with van der Waals surface area (Å²) < 4.78 is 0.868. The molecule has 0 saturated carbocycles. The lowest BCUT2D eigenvalue weighted by Gasteiger charge is -2.13. The smallest absolute Gasteiger partial charge is 0.262 e. The Morgan fingerprint density at radius 3 is 2.78 bits per heavy atom. The van der Waals surface area contributed by atoms with E-state index in [0.29, 0.717) is 17.8 Å². The van der Waals surface area contributed by atoms with Crippen molar-refractivity contribution in [2.75, 3.05) is 13.2 Å². The van der Waals surface area contributed by atoms with Gasteiger partial charge in [0.25, 0.3) is 5.91 Å². The van der Waals surface area contributed by atoms with Crippen LogP contribution in [-0.2, 0) is 4.79 Å². The number of rotatable bonds is 6. The molecule has 0 fully saturated rings. The summed E-state index contributed by atoms with van der Waals surface area (Å²) in [4.78, 5) is 23.9. The molecule has 1 aromatic rings. The minimum Gasteiger partial charge on any atom is -0.396 e. The number of nitrogens with one attached hydrogen (secondary N) is 2. The fourth-order valence-electron chi connectivity index (χ4n) is 1.21. The van der Waals surface area contributed by atoms with Gasteiger partial charge in [-0.3, -0.25) is 9.59 Å². The highest BCUT2D eigenvalue weighted by Crippen LogP contribution is 2.21. The number of carbonyl (C=O) groups excluding carboxylic acids is 2. The van der Waals surface area contributed by atoms with Gasteiger partial charge in [0.05, 0.1) is 8.66 Å². The highest BCUT2D eigenvalue weighted by atomic mass is 79.9. The summed E-state index contributed by atoms with van der Waals surface area (Å²) in [6.07, 6.45) is 0.504. The second-order valence-corrected chi connectivity index (χ2v) is 6.13. The number of halogens is 1. The lowest BCUT2D eigenvalue weighted by Crippen LogP contribution is -2.44. The zero-order valence-electron chi connectivity index (χ0n) is 9.90. The number of amides is 2. The van der Waals surface area contributed by atoms with Gasteiger partial charge in [-0.15, -0.1) is 11.3 Å². The number of hydrogen-bond acceptors (Lipinski definition) is 4. The van der Waals surface area contributed by atoms with E-state index in [1.54, 1.807) is 19.1 Å². The van der Waals surface area contributed by atoms with Gasteiger partial charge in [0.15, 0.2) is 0 Å². The minimum absolute atomic E-state index is 0.0320. The van der Waals surface area contributed by atoms with Crippen molar-refractivity contribution in [2.45, 2.75) is 19.4 Å². The number of thiophene rings is 1. The normalized spacial score (nSPS) is 11.9. The second-order valence-electron chi connectivity index (χ2n) is 3.67. The van der Waals surface area contributed by atoms with E-state index in [-0.39, 0.29) is 18.4 Å². The van der Waals surface area contributed by atoms with Crippen molar-refractivity contribution < 1.29 is 14.7 Å². The Morgan fingerprint density at radius 1 is 1.50 bits per heavy atom. The van der Waals surface area contributed by atoms with Crippen molar-refractivity contribution in [3.63, 3.8) is 0 Å². The fraction of sp³-hybridized carbons (Fsp3) is 0.455. The molecule has 3 N–H and O–H groups in total. The fourth-order valence-corrected chi connectivity index (χ4v) is 2.50. The predicted molar refractivity (Wildman–Crippen MR) is 73.7 cm³/mol. The predicted octanol–water partition coefficient (Wildman–Crippen LogP) is 1.13. The third-order valence-electron chi connectivity index (χ3n) is 2.17. The van der Waals surface area contributed by atoms with Gasteiger partial charge in [-0.05, 0) is 41.4 Å². The summed E-state index contributed by atoms with van der Waals surface area (Å²) in [5.74, 6) is -0.525. The molecule has 0 bridgehead atoms. The first-order valence-corrected chi connectivity index (χ1v) is 7.10. The molecule has 1 unspecified atom stereocenters. The molecule has 5 nitrogen and oxygen atoms in total. The summed E-state index contributed by atoms with van der Waals surface area (Å²) in [5.41, 5.74) is 0. The third-order valence-corrected chi connectivity index (χ3v) is 3.79. The Labute approximate surface area is 118 Å². The van der Waals surface area contributed by atoms with Gasteiger partial charge in [0, 0.05) is 13.2 Å². The van der Waals surface area contributed by atoms with Crippen molar-refractivity contribution in [3.8, 4) is 0 Å². The van der Waals surface area contributed by atoms with Crippen LogP contribution in [0.1, 0.15) is 23.0 Å². The summed E-state index contributed by atoms with van der Waals surface area (Å²) in [6, 6.07) is 2.88. The first-order chi connectivity index (χ1) is 8.54. The third kappa shape index (κ3) is 4.75. The molecule has 1 heterocycles. The molecule has 0 spiro atoms. The molecule has 0 radical (unpaired) electrons. The van der Waals surface area contributed by atoms with Gasteiger partial charge in [-0.1, -0.05) is 0 Å². The molecule has 7 heteroatoms. The van der Waals surface area contributed by atoms with Gasteiger partial charge in [0.2, 0.25) is 5.91 Å². The molecular formula is C11H15BrN2O3S. The van der Waals surface area contributed by atoms with Crippen LogP contribution in [0.25, 0.3) is 0 Å². The molecular weight excluding hydrogens is 320 g/mol. The zero-order valence-corrected chi connectivity index (χ0v) is 12.3. The summed E-state index contributed by atoms with van der Waals surface area (Å²) in [6.45, 7) is 2.05. The van der Waals surface area contributed by atoms with Crippen LogP contribution in [-0.4, -0.2) is 36.1 Å². The zero-order chi connectivity index (χ0) is 13.5. The highest BCUT2D eigenvalue weighted by molar-refractivity contribution is 9.11. The Morgan fingerprint density at radius 2 is 2.22 bits per heavy atom. The Kier molecular flexibility index (Phi) is 6.31. The lowest BCUT2D eigenvalue weighted by molar-refractivity contribution is -0.122. The van der Waals surface area contributed by atoms with Gasteiger partial charge < -0.3 is 15.7 Å². The number of carbonyl (C=O) groups is 2. The molecule has 0 aromatic carbocycles. The molecule has 1 aromatic heterocycles. The van der Waals surface area contributed by atoms with Crippen LogP contribution >= 0.6 is 27.3 Å². The Balaban J connectivity index is 2.41. The number of aliphatic hydroxyl groups is 1. The molecule has 0 aliphatic rings. The molecule has 18 heavy (non-hydrogen) atoms. The maximum atomic E-state index is 11.8. The van der Waals surface area contributed by atoms with Crippen LogP contribution in [0, 0.1) is 0 Å². The summed E-state index contributed by atoms with van der Waals surface area (Å²) >= 11 is 4.58. The van der Waals surface area contributed by atoms with E-state index < -0.39 is 6.04 Å². The summed E-state index contributed by atoms with van der Waals surface area (Å²) in [5, 5.41) is 13.8. The van der Waals surface area contributed by atoms with E-state index in [2.05, 4.69) is 26.6 Å². The van der Waals surface area contributed by atoms with Crippen molar-refractivity contribution in [3.05, 3.63) is 20.8 Å². The van der Waals surface area contributed by atoms with Crippen LogP contribution in [0.2, 0.25) is 0 Å². The molecule has 1 rings (SSSR count). The van der Waals surface area contributed by atoms with E-state index in [9.17, 15) is 9.59 Å². The largest absolute Gasteiger partial charge is 0.396 e. The molecule has 0 aliphatic heterocycles. The maximum Gasteiger partial charge on any atom is 0.262 e. The standard InChI is InChI=1S/C11H15BrN2O3S/c1-7(10(16)13-5-2-6-15)14-11(17)8-3-4-9(12)18-8/h3-4,7,15H,2,5-6H2,1H3,(H,13,16)(H,14,17). The first kappa shape index (κ1) is 15.1. The van der Waals surface area contributed by atoms with Crippen molar-refractivity contribution in [1.29, 1.82) is 0 Å². The lowest BCUT2D eigenvalue weighted by atomic mass is 10.3. The topological polar surface area (TPSA) is 78.4 Å². The number of aliphatic hydroxyl groups excluding tert-OH is 1. The van der Waals surface area contributed by atoms with Crippen molar-refractivity contribution >= 4 is 39.1 Å². The Bertz CT molecular complexity index is 422. The average molecular weight is 335 g/mol. The highest BCUT2D eigenvalue weighted by Gasteiger charge is 2.17. The van der Waals surface area contributed by atoms with Crippen LogP contribution in [0.4, 0.5) is 0 Å². The van der Waals surface area contributed by atoms with Gasteiger partial charge in [-0.25, -0.2) is 0 Å². The minimum atomic E-state index is -0.600. The van der Waals surface area contributed by atoms with Gasteiger partial charge >= 0.3 is 0 Å². The molecule has 100 valence electrons. The van der Waals surface area contributed by atoms with E-state index in [0.717, 1.165) is 3.79 Å². The monoisotopic (exact) mass is 334 g/mol. The van der Waals surface area contributed by atoms with E-state index in [1.165, 1.54) is 11.3 Å². The quantitative estimate of drug-likeness (QED) is 0.682. The second kappa shape index (κ2) is 7.50. The van der Waals surface area contributed by atoms with E-state index in [4.69, 9.17) is 5.11 Å². The van der Waals surface area contributed by atoms with E-state index in [1.807, 2.05) is 0 Å². The average Bonchev–Trinajstić information content (AvgIpc) is 2.76. The van der Waals surface area contributed by atoms with Crippen molar-refractivity contribution in [2.24, 2.45) is 0 Å². The maximum absolute atomic E-state index is 11.8. The van der Waals surface area contributed by atoms with Crippen LogP contribution in [0.3, 0.4) is 0 Å². The van der Waals surface area contributed by atoms with Gasteiger partial charge in [0.1, 0.15) is 6.04 Å². The molecule has 0 aliphatic carbocycles. The molecule has 1 atom stereocenters. The van der Waals surface area contributed by atoms with Crippen LogP contribution in [0.5, 0.6) is 0 Å². The number of hydrogen-bond donors (Lipinski definition) is 3. The van der Waals surface area contributed by atoms with Gasteiger partial charge in [-0.2, -0.15) is 0 Å². The SMILES string of the molecule is CC(NC(=O)c1ccc(Br)s1)C(=O)NCCCO.